The second-order valence-electron chi connectivity index (χ2n) is 5.67. The number of nitrogens with zero attached hydrogens (tertiary/aromatic N) is 1. The van der Waals surface area contributed by atoms with Gasteiger partial charge < -0.3 is 15.4 Å². The molecule has 1 amide bonds. The van der Waals surface area contributed by atoms with Crippen molar-refractivity contribution in [3.05, 3.63) is 53.2 Å². The van der Waals surface area contributed by atoms with Crippen molar-refractivity contribution in [2.24, 2.45) is 0 Å². The van der Waals surface area contributed by atoms with Crippen LogP contribution in [0.2, 0.25) is 0 Å². The predicted octanol–water partition coefficient (Wildman–Crippen LogP) is 4.33. The van der Waals surface area contributed by atoms with Crippen LogP contribution in [0.3, 0.4) is 0 Å². The van der Waals surface area contributed by atoms with E-state index in [9.17, 15) is 9.18 Å². The Morgan fingerprint density at radius 2 is 2.16 bits per heavy atom. The molecule has 0 atom stereocenters. The second kappa shape index (κ2) is 6.18. The lowest BCUT2D eigenvalue weighted by molar-refractivity contribution is -0.118. The van der Waals surface area contributed by atoms with Crippen LogP contribution in [-0.2, 0) is 4.79 Å². The van der Waals surface area contributed by atoms with Crippen molar-refractivity contribution in [3.63, 3.8) is 0 Å². The fourth-order valence-electron chi connectivity index (χ4n) is 2.50. The molecule has 0 saturated heterocycles. The van der Waals surface area contributed by atoms with Gasteiger partial charge in [0.25, 0.3) is 5.91 Å². The smallest absolute Gasteiger partial charge is 0.262 e. The van der Waals surface area contributed by atoms with Gasteiger partial charge in [-0.1, -0.05) is 6.07 Å². The Bertz CT molecular complexity index is 971. The number of carbonyl (C=O) groups is 1. The van der Waals surface area contributed by atoms with E-state index in [1.54, 1.807) is 13.0 Å². The highest BCUT2D eigenvalue weighted by Gasteiger charge is 2.17. The molecule has 2 N–H and O–H groups in total. The average molecular weight is 355 g/mol. The number of thiazole rings is 1. The van der Waals surface area contributed by atoms with Crippen LogP contribution < -0.4 is 15.4 Å². The van der Waals surface area contributed by atoms with Crippen molar-refractivity contribution < 1.29 is 13.9 Å². The number of nitrogens with one attached hydrogen (secondary N) is 2. The number of halogens is 1. The van der Waals surface area contributed by atoms with Crippen LogP contribution in [0.25, 0.3) is 11.3 Å². The van der Waals surface area contributed by atoms with E-state index < -0.39 is 0 Å². The third kappa shape index (κ3) is 3.18. The number of hydrogen-bond acceptors (Lipinski definition) is 5. The van der Waals surface area contributed by atoms with Crippen LogP contribution >= 0.6 is 11.3 Å². The minimum absolute atomic E-state index is 0.0320. The topological polar surface area (TPSA) is 63.2 Å². The van der Waals surface area contributed by atoms with Gasteiger partial charge >= 0.3 is 0 Å². The monoisotopic (exact) mass is 355 g/mol. The molecular formula is C18H14FN3O2S. The third-order valence-electron chi connectivity index (χ3n) is 3.84. The maximum atomic E-state index is 13.6. The van der Waals surface area contributed by atoms with E-state index in [2.05, 4.69) is 15.6 Å². The van der Waals surface area contributed by atoms with Gasteiger partial charge in [-0.05, 0) is 42.8 Å². The summed E-state index contributed by atoms with van der Waals surface area (Å²) in [7, 11) is 0. The van der Waals surface area contributed by atoms with Gasteiger partial charge in [-0.25, -0.2) is 9.37 Å². The molecule has 25 heavy (non-hydrogen) atoms. The van der Waals surface area contributed by atoms with Crippen LogP contribution in [0.15, 0.2) is 41.8 Å². The number of aryl methyl sites for hydroxylation is 1. The van der Waals surface area contributed by atoms with Gasteiger partial charge in [0.2, 0.25) is 0 Å². The van der Waals surface area contributed by atoms with Crippen molar-refractivity contribution in [2.45, 2.75) is 6.92 Å². The lowest BCUT2D eigenvalue weighted by atomic mass is 10.1. The zero-order valence-corrected chi connectivity index (χ0v) is 14.1. The van der Waals surface area contributed by atoms with Gasteiger partial charge in [0, 0.05) is 16.6 Å². The zero-order chi connectivity index (χ0) is 17.4. The van der Waals surface area contributed by atoms with Crippen molar-refractivity contribution in [2.75, 3.05) is 17.2 Å². The van der Waals surface area contributed by atoms with Crippen LogP contribution in [0.4, 0.5) is 20.9 Å². The van der Waals surface area contributed by atoms with Crippen molar-refractivity contribution in [3.8, 4) is 17.0 Å². The van der Waals surface area contributed by atoms with E-state index in [4.69, 9.17) is 4.74 Å². The molecule has 0 fully saturated rings. The average Bonchev–Trinajstić information content (AvgIpc) is 3.06. The van der Waals surface area contributed by atoms with Crippen LogP contribution in [0.5, 0.6) is 5.75 Å². The number of benzene rings is 2. The SMILES string of the molecule is Cc1ccc(Nc2nc(-c3ccc4c(c3)NC(=O)CO4)cs2)cc1F. The molecule has 0 aliphatic carbocycles. The van der Waals surface area contributed by atoms with E-state index in [-0.39, 0.29) is 18.3 Å². The molecule has 0 radical (unpaired) electrons. The molecule has 0 saturated carbocycles. The number of carbonyl (C=O) groups excluding carboxylic acids is 1. The highest BCUT2D eigenvalue weighted by molar-refractivity contribution is 7.14. The number of rotatable bonds is 3. The summed E-state index contributed by atoms with van der Waals surface area (Å²) in [6, 6.07) is 10.5. The summed E-state index contributed by atoms with van der Waals surface area (Å²) in [5.41, 5.74) is 3.52. The molecule has 4 rings (SSSR count). The van der Waals surface area contributed by atoms with Crippen LogP contribution in [-0.4, -0.2) is 17.5 Å². The molecule has 0 spiro atoms. The maximum Gasteiger partial charge on any atom is 0.262 e. The number of aromatic nitrogens is 1. The van der Waals surface area contributed by atoms with Crippen molar-refractivity contribution >= 4 is 33.8 Å². The number of anilines is 3. The molecule has 1 aliphatic rings. The first-order valence-electron chi connectivity index (χ1n) is 7.64. The van der Waals surface area contributed by atoms with Gasteiger partial charge in [-0.2, -0.15) is 0 Å². The number of fused-ring (bicyclic) bond motifs is 1. The van der Waals surface area contributed by atoms with E-state index in [0.29, 0.717) is 27.8 Å². The Morgan fingerprint density at radius 3 is 3.00 bits per heavy atom. The Hall–Kier alpha value is -2.93. The molecule has 126 valence electrons. The summed E-state index contributed by atoms with van der Waals surface area (Å²) >= 11 is 1.42. The molecule has 3 aromatic rings. The molecular weight excluding hydrogens is 341 g/mol. The highest BCUT2D eigenvalue weighted by Crippen LogP contribution is 2.34. The van der Waals surface area contributed by atoms with Gasteiger partial charge in [-0.3, -0.25) is 4.79 Å². The standard InChI is InChI=1S/C18H14FN3O2S/c1-10-2-4-12(7-13(10)19)20-18-22-15(9-25-18)11-3-5-16-14(6-11)21-17(23)8-24-16/h2-7,9H,8H2,1H3,(H,20,22)(H,21,23). The highest BCUT2D eigenvalue weighted by atomic mass is 32.1. The summed E-state index contributed by atoms with van der Waals surface area (Å²) < 4.78 is 19.0. The zero-order valence-electron chi connectivity index (χ0n) is 13.3. The van der Waals surface area contributed by atoms with Gasteiger partial charge in [0.1, 0.15) is 11.6 Å². The largest absolute Gasteiger partial charge is 0.482 e. The number of ether oxygens (including phenoxy) is 1. The predicted molar refractivity (Wildman–Crippen MR) is 96.1 cm³/mol. The first kappa shape index (κ1) is 15.6. The fraction of sp³-hybridized carbons (Fsp3) is 0.111. The number of amides is 1. The molecule has 1 aromatic heterocycles. The van der Waals surface area contributed by atoms with Gasteiger partial charge in [-0.15, -0.1) is 11.3 Å². The lowest BCUT2D eigenvalue weighted by Crippen LogP contribution is -2.25. The lowest BCUT2D eigenvalue weighted by Gasteiger charge is -2.18. The Balaban J connectivity index is 1.58. The maximum absolute atomic E-state index is 13.6. The minimum Gasteiger partial charge on any atom is -0.482 e. The third-order valence-corrected chi connectivity index (χ3v) is 4.59. The molecule has 1 aliphatic heterocycles. The summed E-state index contributed by atoms with van der Waals surface area (Å²) in [6.07, 6.45) is 0. The molecule has 7 heteroatoms. The molecule has 2 aromatic carbocycles. The Kier molecular flexibility index (Phi) is 3.85. The summed E-state index contributed by atoms with van der Waals surface area (Å²) in [4.78, 5) is 16.0. The van der Waals surface area contributed by atoms with Gasteiger partial charge in [0.15, 0.2) is 11.7 Å². The first-order valence-corrected chi connectivity index (χ1v) is 8.52. The summed E-state index contributed by atoms with van der Waals surface area (Å²) in [5, 5.41) is 8.45. The van der Waals surface area contributed by atoms with Crippen LogP contribution in [0.1, 0.15) is 5.56 Å². The van der Waals surface area contributed by atoms with Crippen molar-refractivity contribution in [1.82, 2.24) is 4.98 Å². The molecule has 5 nitrogen and oxygen atoms in total. The van der Waals surface area contributed by atoms with E-state index in [1.165, 1.54) is 17.4 Å². The normalized spacial score (nSPS) is 13.0. The first-order chi connectivity index (χ1) is 12.1. The second-order valence-corrected chi connectivity index (χ2v) is 6.53. The Labute approximate surface area is 147 Å². The molecule has 0 unspecified atom stereocenters. The minimum atomic E-state index is -0.257. The quantitative estimate of drug-likeness (QED) is 0.734. The fourth-order valence-corrected chi connectivity index (χ4v) is 3.24. The van der Waals surface area contributed by atoms with E-state index in [0.717, 1.165) is 11.3 Å². The van der Waals surface area contributed by atoms with E-state index in [1.807, 2.05) is 29.6 Å². The van der Waals surface area contributed by atoms with Crippen LogP contribution in [0, 0.1) is 12.7 Å². The number of hydrogen-bond donors (Lipinski definition) is 2. The van der Waals surface area contributed by atoms with Crippen molar-refractivity contribution in [1.29, 1.82) is 0 Å². The van der Waals surface area contributed by atoms with Gasteiger partial charge in [0.05, 0.1) is 11.4 Å². The molecule has 0 bridgehead atoms. The summed E-state index contributed by atoms with van der Waals surface area (Å²) in [5.74, 6) is 0.214. The molecule has 2 heterocycles. The Morgan fingerprint density at radius 1 is 1.28 bits per heavy atom. The van der Waals surface area contributed by atoms with E-state index >= 15 is 0 Å². The summed E-state index contributed by atoms with van der Waals surface area (Å²) in [6.45, 7) is 1.75.